The van der Waals surface area contributed by atoms with Gasteiger partial charge in [0, 0.05) is 23.1 Å². The van der Waals surface area contributed by atoms with E-state index in [2.05, 4.69) is 35.5 Å². The van der Waals surface area contributed by atoms with E-state index in [1.165, 1.54) is 0 Å². The minimum atomic E-state index is -0.317. The van der Waals surface area contributed by atoms with Gasteiger partial charge in [0.25, 0.3) is 0 Å². The number of carbonyl (C=O) groups excluding carboxylic acids is 1. The first-order chi connectivity index (χ1) is 14.5. The molecule has 0 spiro atoms. The summed E-state index contributed by atoms with van der Waals surface area (Å²) < 4.78 is 13.6. The Morgan fingerprint density at radius 1 is 1.10 bits per heavy atom. The number of pyridine rings is 1. The van der Waals surface area contributed by atoms with Gasteiger partial charge >= 0.3 is 6.09 Å². The molecule has 2 atom stereocenters. The van der Waals surface area contributed by atoms with Crippen molar-refractivity contribution in [3.8, 4) is 5.82 Å². The second kappa shape index (κ2) is 8.71. The Kier molecular flexibility index (Phi) is 5.86. The highest BCUT2D eigenvalue weighted by atomic mass is 16.6. The predicted octanol–water partition coefficient (Wildman–Crippen LogP) is 4.59. The number of benzene rings is 1. The van der Waals surface area contributed by atoms with Crippen LogP contribution in [0.5, 0.6) is 0 Å². The van der Waals surface area contributed by atoms with Gasteiger partial charge in [0.05, 0.1) is 19.2 Å². The van der Waals surface area contributed by atoms with E-state index in [-0.39, 0.29) is 24.8 Å². The first-order valence-electron chi connectivity index (χ1n) is 10.2. The molecule has 0 saturated carbocycles. The van der Waals surface area contributed by atoms with Gasteiger partial charge in [-0.15, -0.1) is 0 Å². The van der Waals surface area contributed by atoms with Gasteiger partial charge in [-0.25, -0.2) is 9.78 Å². The van der Waals surface area contributed by atoms with Crippen LogP contribution in [-0.2, 0) is 16.1 Å². The number of hydrogen-bond acceptors (Lipinski definition) is 4. The monoisotopic (exact) mass is 405 g/mol. The quantitative estimate of drug-likeness (QED) is 0.637. The fourth-order valence-corrected chi connectivity index (χ4v) is 3.77. The highest BCUT2D eigenvalue weighted by Gasteiger charge is 2.31. The summed E-state index contributed by atoms with van der Waals surface area (Å²) in [5.74, 6) is 0.877. The Labute approximate surface area is 177 Å². The van der Waals surface area contributed by atoms with E-state index >= 15 is 0 Å². The number of morpholine rings is 1. The van der Waals surface area contributed by atoms with Crippen LogP contribution in [0.15, 0.2) is 60.8 Å². The molecule has 1 aliphatic heterocycles. The zero-order chi connectivity index (χ0) is 21.1. The molecule has 6 heteroatoms. The molecule has 2 aromatic heterocycles. The van der Waals surface area contributed by atoms with Crippen molar-refractivity contribution in [1.82, 2.24) is 14.5 Å². The molecule has 6 nitrogen and oxygen atoms in total. The molecular formula is C24H27N3O3. The van der Waals surface area contributed by atoms with Gasteiger partial charge < -0.3 is 18.9 Å². The maximum absolute atomic E-state index is 12.7. The second-order valence-corrected chi connectivity index (χ2v) is 7.76. The van der Waals surface area contributed by atoms with E-state index in [1.807, 2.05) is 55.6 Å². The summed E-state index contributed by atoms with van der Waals surface area (Å²) in [6.07, 6.45) is 1.30. The average Bonchev–Trinajstić information content (AvgIpc) is 3.11. The highest BCUT2D eigenvalue weighted by Crippen LogP contribution is 2.26. The lowest BCUT2D eigenvalue weighted by Crippen LogP contribution is -2.48. The standard InChI is InChI=1S/C24H27N3O3/c1-17-9-10-18(2)27(17)23-12-11-21(13-25-23)22-14-26(19(3)15-29-22)24(28)30-16-20-7-5-4-6-8-20/h4-13,19,22H,14-16H2,1-3H3/t19-,22+/m0/s1. The first-order valence-corrected chi connectivity index (χ1v) is 10.2. The molecule has 0 N–H and O–H groups in total. The number of ether oxygens (including phenoxy) is 2. The Morgan fingerprint density at radius 2 is 1.83 bits per heavy atom. The van der Waals surface area contributed by atoms with Crippen LogP contribution in [0, 0.1) is 13.8 Å². The third-order valence-corrected chi connectivity index (χ3v) is 5.52. The van der Waals surface area contributed by atoms with Crippen molar-refractivity contribution in [2.24, 2.45) is 0 Å². The average molecular weight is 405 g/mol. The number of rotatable bonds is 4. The topological polar surface area (TPSA) is 56.6 Å². The zero-order valence-electron chi connectivity index (χ0n) is 17.6. The number of aryl methyl sites for hydroxylation is 2. The molecular weight excluding hydrogens is 378 g/mol. The summed E-state index contributed by atoms with van der Waals surface area (Å²) in [6.45, 7) is 7.26. The van der Waals surface area contributed by atoms with Crippen LogP contribution in [0.4, 0.5) is 4.79 Å². The van der Waals surface area contributed by atoms with Crippen LogP contribution in [0.3, 0.4) is 0 Å². The van der Waals surface area contributed by atoms with Crippen molar-refractivity contribution in [3.63, 3.8) is 0 Å². The summed E-state index contributed by atoms with van der Waals surface area (Å²) in [5.41, 5.74) is 4.21. The van der Waals surface area contributed by atoms with Crippen molar-refractivity contribution in [2.75, 3.05) is 13.2 Å². The number of aromatic nitrogens is 2. The van der Waals surface area contributed by atoms with Crippen molar-refractivity contribution < 1.29 is 14.3 Å². The minimum Gasteiger partial charge on any atom is -0.445 e. The molecule has 156 valence electrons. The molecule has 0 unspecified atom stereocenters. The third-order valence-electron chi connectivity index (χ3n) is 5.52. The molecule has 4 rings (SSSR count). The molecule has 3 aromatic rings. The summed E-state index contributed by atoms with van der Waals surface area (Å²) in [5, 5.41) is 0. The Hall–Kier alpha value is -3.12. The van der Waals surface area contributed by atoms with Crippen LogP contribution < -0.4 is 0 Å². The lowest BCUT2D eigenvalue weighted by molar-refractivity contribution is -0.0562. The molecule has 0 aliphatic carbocycles. The van der Waals surface area contributed by atoms with Gasteiger partial charge in [0.15, 0.2) is 0 Å². The van der Waals surface area contributed by atoms with Crippen LogP contribution >= 0.6 is 0 Å². The van der Waals surface area contributed by atoms with E-state index in [0.29, 0.717) is 13.2 Å². The van der Waals surface area contributed by atoms with Gasteiger partial charge in [0.1, 0.15) is 18.5 Å². The van der Waals surface area contributed by atoms with Gasteiger partial charge in [-0.1, -0.05) is 36.4 Å². The van der Waals surface area contributed by atoms with E-state index in [1.54, 1.807) is 4.90 Å². The van der Waals surface area contributed by atoms with Crippen molar-refractivity contribution >= 4 is 6.09 Å². The smallest absolute Gasteiger partial charge is 0.410 e. The zero-order valence-corrected chi connectivity index (χ0v) is 17.6. The van der Waals surface area contributed by atoms with Gasteiger partial charge in [-0.3, -0.25) is 0 Å². The van der Waals surface area contributed by atoms with E-state index in [4.69, 9.17) is 9.47 Å². The normalized spacial score (nSPS) is 19.0. The number of carbonyl (C=O) groups is 1. The maximum atomic E-state index is 12.7. The lowest BCUT2D eigenvalue weighted by Gasteiger charge is -2.37. The first kappa shape index (κ1) is 20.2. The highest BCUT2D eigenvalue weighted by molar-refractivity contribution is 5.68. The van der Waals surface area contributed by atoms with E-state index in [0.717, 1.165) is 28.3 Å². The maximum Gasteiger partial charge on any atom is 0.410 e. The van der Waals surface area contributed by atoms with Crippen LogP contribution in [-0.4, -0.2) is 39.7 Å². The molecule has 0 bridgehead atoms. The third kappa shape index (κ3) is 4.24. The fraction of sp³-hybridized carbons (Fsp3) is 0.333. The molecule has 1 aliphatic rings. The summed E-state index contributed by atoms with van der Waals surface area (Å²) >= 11 is 0. The molecule has 3 heterocycles. The van der Waals surface area contributed by atoms with Crippen LogP contribution in [0.25, 0.3) is 5.82 Å². The van der Waals surface area contributed by atoms with E-state index in [9.17, 15) is 4.79 Å². The number of nitrogens with zero attached hydrogens (tertiary/aromatic N) is 3. The molecule has 30 heavy (non-hydrogen) atoms. The van der Waals surface area contributed by atoms with E-state index < -0.39 is 0 Å². The summed E-state index contributed by atoms with van der Waals surface area (Å²) in [4.78, 5) is 19.0. The van der Waals surface area contributed by atoms with Gasteiger partial charge in [0.2, 0.25) is 0 Å². The Bertz CT molecular complexity index is 979. The summed E-state index contributed by atoms with van der Waals surface area (Å²) in [7, 11) is 0. The minimum absolute atomic E-state index is 0.0399. The number of hydrogen-bond donors (Lipinski definition) is 0. The molecule has 1 saturated heterocycles. The van der Waals surface area contributed by atoms with Crippen LogP contribution in [0.2, 0.25) is 0 Å². The summed E-state index contributed by atoms with van der Waals surface area (Å²) in [6, 6.07) is 17.8. The van der Waals surface area contributed by atoms with Crippen LogP contribution in [0.1, 0.15) is 35.5 Å². The molecule has 1 fully saturated rings. The molecule has 0 radical (unpaired) electrons. The van der Waals surface area contributed by atoms with Gasteiger partial charge in [-0.2, -0.15) is 0 Å². The molecule has 1 aromatic carbocycles. The van der Waals surface area contributed by atoms with Crippen molar-refractivity contribution in [1.29, 1.82) is 0 Å². The molecule has 1 amide bonds. The van der Waals surface area contributed by atoms with Crippen molar-refractivity contribution in [3.05, 3.63) is 83.3 Å². The van der Waals surface area contributed by atoms with Gasteiger partial charge in [-0.05, 0) is 44.5 Å². The Balaban J connectivity index is 1.43. The lowest BCUT2D eigenvalue weighted by atomic mass is 10.1. The fourth-order valence-electron chi connectivity index (χ4n) is 3.77. The largest absolute Gasteiger partial charge is 0.445 e. The Morgan fingerprint density at radius 3 is 2.50 bits per heavy atom. The number of amides is 1. The second-order valence-electron chi connectivity index (χ2n) is 7.76. The van der Waals surface area contributed by atoms with Crippen molar-refractivity contribution in [2.45, 2.75) is 39.5 Å². The SMILES string of the molecule is Cc1ccc(C)n1-c1ccc([C@H]2CN(C(=O)OCc3ccccc3)[C@@H](C)CO2)cn1. The predicted molar refractivity (Wildman–Crippen MR) is 115 cm³/mol.